The molecule has 140 valence electrons. The van der Waals surface area contributed by atoms with E-state index in [1.54, 1.807) is 19.0 Å². The van der Waals surface area contributed by atoms with Gasteiger partial charge in [-0.25, -0.2) is 4.99 Å². The van der Waals surface area contributed by atoms with Gasteiger partial charge in [-0.1, -0.05) is 6.92 Å². The zero-order valence-electron chi connectivity index (χ0n) is 15.6. The molecule has 0 bridgehead atoms. The lowest BCUT2D eigenvalue weighted by Crippen LogP contribution is -2.43. The summed E-state index contributed by atoms with van der Waals surface area (Å²) >= 11 is 0. The van der Waals surface area contributed by atoms with Crippen molar-refractivity contribution in [2.75, 3.05) is 47.0 Å². The van der Waals surface area contributed by atoms with Crippen LogP contribution in [0, 0.1) is 0 Å². The first kappa shape index (κ1) is 20.7. The molecule has 1 heterocycles. The number of carbonyl (C=O) groups excluding carboxylic acids is 1. The fourth-order valence-electron chi connectivity index (χ4n) is 2.15. The van der Waals surface area contributed by atoms with Gasteiger partial charge >= 0.3 is 0 Å². The number of nitrogens with zero attached hydrogens (tertiary/aromatic N) is 2. The van der Waals surface area contributed by atoms with Crippen LogP contribution in [-0.4, -0.2) is 75.9 Å². The van der Waals surface area contributed by atoms with Gasteiger partial charge in [-0.3, -0.25) is 4.79 Å². The molecule has 0 aliphatic carbocycles. The lowest BCUT2D eigenvalue weighted by molar-refractivity contribution is -0.127. The van der Waals surface area contributed by atoms with Crippen LogP contribution in [-0.2, 0) is 14.3 Å². The standard InChI is InChI=1S/C17H34N4O3/c1-5-14(2)20-17(19-12-16(22)21(3)4)18-9-7-10-23-13-15-8-6-11-24-15/h14-15H,5-13H2,1-4H3,(H2,18,19,20). The number of rotatable bonds is 10. The number of likely N-dealkylation sites (N-methyl/N-ethyl adjacent to an activating group) is 1. The van der Waals surface area contributed by atoms with Crippen molar-refractivity contribution in [2.24, 2.45) is 4.99 Å². The topological polar surface area (TPSA) is 75.2 Å². The predicted molar refractivity (Wildman–Crippen MR) is 96.3 cm³/mol. The Hall–Kier alpha value is -1.34. The quantitative estimate of drug-likeness (QED) is 0.352. The Bertz CT molecular complexity index is 382. The third-order valence-corrected chi connectivity index (χ3v) is 3.95. The molecule has 1 fully saturated rings. The summed E-state index contributed by atoms with van der Waals surface area (Å²) in [5, 5.41) is 6.57. The zero-order chi connectivity index (χ0) is 17.8. The molecule has 7 heteroatoms. The molecule has 2 unspecified atom stereocenters. The Kier molecular flexibility index (Phi) is 10.4. The van der Waals surface area contributed by atoms with Gasteiger partial charge in [-0.15, -0.1) is 0 Å². The Morgan fingerprint density at radius 1 is 1.46 bits per heavy atom. The van der Waals surface area contributed by atoms with Crippen molar-refractivity contribution in [3.05, 3.63) is 0 Å². The summed E-state index contributed by atoms with van der Waals surface area (Å²) in [4.78, 5) is 17.6. The molecule has 0 spiro atoms. The minimum absolute atomic E-state index is 0.0138. The van der Waals surface area contributed by atoms with Crippen molar-refractivity contribution < 1.29 is 14.3 Å². The molecule has 1 aliphatic heterocycles. The van der Waals surface area contributed by atoms with E-state index in [1.165, 1.54) is 0 Å². The second-order valence-corrected chi connectivity index (χ2v) is 6.40. The fourth-order valence-corrected chi connectivity index (χ4v) is 2.15. The predicted octanol–water partition coefficient (Wildman–Crippen LogP) is 0.994. The number of guanidine groups is 1. The van der Waals surface area contributed by atoms with Crippen LogP contribution in [0.4, 0.5) is 0 Å². The van der Waals surface area contributed by atoms with E-state index in [1.807, 2.05) is 0 Å². The Balaban J connectivity index is 2.24. The molecular weight excluding hydrogens is 308 g/mol. The average Bonchev–Trinajstić information content (AvgIpc) is 3.08. The van der Waals surface area contributed by atoms with E-state index in [-0.39, 0.29) is 18.6 Å². The van der Waals surface area contributed by atoms with Crippen molar-refractivity contribution in [1.82, 2.24) is 15.5 Å². The van der Waals surface area contributed by atoms with Crippen LogP contribution in [0.25, 0.3) is 0 Å². The van der Waals surface area contributed by atoms with E-state index >= 15 is 0 Å². The Labute approximate surface area is 146 Å². The van der Waals surface area contributed by atoms with E-state index < -0.39 is 0 Å². The number of aliphatic imine (C=N–C) groups is 1. The van der Waals surface area contributed by atoms with E-state index in [0.717, 1.165) is 38.8 Å². The highest BCUT2D eigenvalue weighted by atomic mass is 16.5. The van der Waals surface area contributed by atoms with Gasteiger partial charge in [0.2, 0.25) is 5.91 Å². The number of nitrogens with one attached hydrogen (secondary N) is 2. The summed E-state index contributed by atoms with van der Waals surface area (Å²) in [6.45, 7) is 7.35. The highest BCUT2D eigenvalue weighted by molar-refractivity contribution is 5.84. The van der Waals surface area contributed by atoms with Crippen LogP contribution >= 0.6 is 0 Å². The van der Waals surface area contributed by atoms with Gasteiger partial charge in [-0.05, 0) is 32.6 Å². The maximum absolute atomic E-state index is 11.7. The lowest BCUT2D eigenvalue weighted by atomic mass is 10.2. The first-order valence-corrected chi connectivity index (χ1v) is 8.97. The first-order chi connectivity index (χ1) is 11.5. The normalized spacial score (nSPS) is 19.2. The molecule has 1 amide bonds. The summed E-state index contributed by atoms with van der Waals surface area (Å²) in [6, 6.07) is 0.307. The maximum Gasteiger partial charge on any atom is 0.243 e. The Morgan fingerprint density at radius 2 is 2.25 bits per heavy atom. The second kappa shape index (κ2) is 12.1. The van der Waals surface area contributed by atoms with Crippen LogP contribution < -0.4 is 10.6 Å². The van der Waals surface area contributed by atoms with Gasteiger partial charge in [0.25, 0.3) is 0 Å². The lowest BCUT2D eigenvalue weighted by Gasteiger charge is -2.17. The highest BCUT2D eigenvalue weighted by Crippen LogP contribution is 2.11. The summed E-state index contributed by atoms with van der Waals surface area (Å²) in [7, 11) is 3.47. The average molecular weight is 342 g/mol. The third kappa shape index (κ3) is 9.08. The molecule has 0 radical (unpaired) electrons. The SMILES string of the molecule is CCC(C)NC(=NCC(=O)N(C)C)NCCCOCC1CCCO1. The molecule has 7 nitrogen and oxygen atoms in total. The smallest absolute Gasteiger partial charge is 0.243 e. The molecule has 0 saturated carbocycles. The zero-order valence-corrected chi connectivity index (χ0v) is 15.6. The van der Waals surface area contributed by atoms with Gasteiger partial charge < -0.3 is 25.0 Å². The van der Waals surface area contributed by atoms with Crippen LogP contribution in [0.2, 0.25) is 0 Å². The van der Waals surface area contributed by atoms with Gasteiger partial charge in [0.05, 0.1) is 12.7 Å². The maximum atomic E-state index is 11.7. The largest absolute Gasteiger partial charge is 0.379 e. The van der Waals surface area contributed by atoms with Crippen LogP contribution in [0.15, 0.2) is 4.99 Å². The minimum atomic E-state index is -0.0138. The molecular formula is C17H34N4O3. The van der Waals surface area contributed by atoms with E-state index in [0.29, 0.717) is 25.2 Å². The fraction of sp³-hybridized carbons (Fsp3) is 0.882. The number of ether oxygens (including phenoxy) is 2. The number of amides is 1. The molecule has 0 aromatic rings. The third-order valence-electron chi connectivity index (χ3n) is 3.95. The van der Waals surface area contributed by atoms with Crippen molar-refractivity contribution in [1.29, 1.82) is 0 Å². The molecule has 24 heavy (non-hydrogen) atoms. The number of hydrogen-bond donors (Lipinski definition) is 2. The summed E-state index contributed by atoms with van der Waals surface area (Å²) in [6.07, 6.45) is 4.40. The van der Waals surface area contributed by atoms with Gasteiger partial charge in [0.1, 0.15) is 6.54 Å². The van der Waals surface area contributed by atoms with E-state index in [2.05, 4.69) is 29.5 Å². The van der Waals surface area contributed by atoms with E-state index in [9.17, 15) is 4.79 Å². The summed E-state index contributed by atoms with van der Waals surface area (Å²) in [5.74, 6) is 0.666. The summed E-state index contributed by atoms with van der Waals surface area (Å²) in [5.41, 5.74) is 0. The molecule has 0 aromatic heterocycles. The molecule has 2 atom stereocenters. The number of hydrogen-bond acceptors (Lipinski definition) is 4. The van der Waals surface area contributed by atoms with Crippen LogP contribution in [0.1, 0.15) is 39.5 Å². The minimum Gasteiger partial charge on any atom is -0.379 e. The highest BCUT2D eigenvalue weighted by Gasteiger charge is 2.15. The van der Waals surface area contributed by atoms with Gasteiger partial charge in [0, 0.05) is 39.9 Å². The Morgan fingerprint density at radius 3 is 2.88 bits per heavy atom. The number of carbonyl (C=O) groups is 1. The molecule has 0 aromatic carbocycles. The van der Waals surface area contributed by atoms with Gasteiger partial charge in [0.15, 0.2) is 5.96 Å². The molecule has 2 N–H and O–H groups in total. The van der Waals surface area contributed by atoms with E-state index in [4.69, 9.17) is 9.47 Å². The van der Waals surface area contributed by atoms with Crippen molar-refractivity contribution in [3.63, 3.8) is 0 Å². The molecule has 1 aliphatic rings. The molecule has 1 rings (SSSR count). The van der Waals surface area contributed by atoms with Crippen molar-refractivity contribution in [2.45, 2.75) is 51.7 Å². The van der Waals surface area contributed by atoms with Crippen LogP contribution in [0.5, 0.6) is 0 Å². The second-order valence-electron chi connectivity index (χ2n) is 6.40. The van der Waals surface area contributed by atoms with Crippen molar-refractivity contribution in [3.8, 4) is 0 Å². The molecule has 1 saturated heterocycles. The summed E-state index contributed by atoms with van der Waals surface area (Å²) < 4.78 is 11.2. The first-order valence-electron chi connectivity index (χ1n) is 8.97. The monoisotopic (exact) mass is 342 g/mol. The van der Waals surface area contributed by atoms with Crippen LogP contribution in [0.3, 0.4) is 0 Å². The van der Waals surface area contributed by atoms with Crippen molar-refractivity contribution >= 4 is 11.9 Å². The van der Waals surface area contributed by atoms with Gasteiger partial charge in [-0.2, -0.15) is 0 Å².